The lowest BCUT2D eigenvalue weighted by molar-refractivity contribution is 0.588. The lowest BCUT2D eigenvalue weighted by Gasteiger charge is -2.18. The maximum absolute atomic E-state index is 8.86. The standard InChI is InChI=1S/C20H22N2S/c1-14-6-9-18(12-19(14)22-15(2)20(3,4)5)23-17-10-7-16(13-21)8-11-17/h6-12H,1-5H3. The van der Waals surface area contributed by atoms with Crippen molar-refractivity contribution in [2.24, 2.45) is 10.4 Å². The number of nitriles is 1. The van der Waals surface area contributed by atoms with Crippen molar-refractivity contribution in [1.82, 2.24) is 0 Å². The molecular formula is C20H22N2S. The van der Waals surface area contributed by atoms with E-state index >= 15 is 0 Å². The molecule has 0 unspecified atom stereocenters. The van der Waals surface area contributed by atoms with Gasteiger partial charge in [0.2, 0.25) is 0 Å². The van der Waals surface area contributed by atoms with Gasteiger partial charge in [0, 0.05) is 15.5 Å². The molecule has 2 rings (SSSR count). The number of hydrogen-bond donors (Lipinski definition) is 0. The van der Waals surface area contributed by atoms with E-state index in [4.69, 9.17) is 10.3 Å². The van der Waals surface area contributed by atoms with Crippen molar-refractivity contribution >= 4 is 23.2 Å². The van der Waals surface area contributed by atoms with E-state index in [9.17, 15) is 0 Å². The van der Waals surface area contributed by atoms with Gasteiger partial charge in [0.1, 0.15) is 0 Å². The van der Waals surface area contributed by atoms with Gasteiger partial charge in [-0.15, -0.1) is 0 Å². The van der Waals surface area contributed by atoms with Gasteiger partial charge in [-0.1, -0.05) is 38.6 Å². The number of hydrogen-bond acceptors (Lipinski definition) is 3. The van der Waals surface area contributed by atoms with E-state index in [0.717, 1.165) is 21.2 Å². The number of rotatable bonds is 3. The quantitative estimate of drug-likeness (QED) is 0.635. The van der Waals surface area contributed by atoms with E-state index in [1.54, 1.807) is 11.8 Å². The normalized spacial score (nSPS) is 12.1. The van der Waals surface area contributed by atoms with Crippen molar-refractivity contribution in [3.8, 4) is 6.07 Å². The second-order valence-corrected chi connectivity index (χ2v) is 7.78. The Kier molecular flexibility index (Phi) is 5.28. The van der Waals surface area contributed by atoms with Crippen LogP contribution < -0.4 is 0 Å². The van der Waals surface area contributed by atoms with Gasteiger partial charge in [-0.3, -0.25) is 4.99 Å². The summed E-state index contributed by atoms with van der Waals surface area (Å²) in [7, 11) is 0. The van der Waals surface area contributed by atoms with E-state index in [-0.39, 0.29) is 5.41 Å². The third-order valence-corrected chi connectivity index (χ3v) is 4.77. The molecule has 2 aromatic carbocycles. The van der Waals surface area contributed by atoms with Crippen LogP contribution in [0.25, 0.3) is 0 Å². The van der Waals surface area contributed by atoms with Crippen LogP contribution in [0.2, 0.25) is 0 Å². The first-order valence-electron chi connectivity index (χ1n) is 7.64. The van der Waals surface area contributed by atoms with Crippen LogP contribution in [-0.2, 0) is 0 Å². The van der Waals surface area contributed by atoms with Crippen LogP contribution in [0.5, 0.6) is 0 Å². The van der Waals surface area contributed by atoms with Crippen LogP contribution >= 0.6 is 11.8 Å². The Bertz CT molecular complexity index is 760. The van der Waals surface area contributed by atoms with Crippen molar-refractivity contribution < 1.29 is 0 Å². The third-order valence-electron chi connectivity index (χ3n) is 3.77. The summed E-state index contributed by atoms with van der Waals surface area (Å²) in [4.78, 5) is 7.09. The van der Waals surface area contributed by atoms with Crippen molar-refractivity contribution in [2.45, 2.75) is 44.4 Å². The molecule has 0 aromatic heterocycles. The molecule has 0 saturated carbocycles. The lowest BCUT2D eigenvalue weighted by Crippen LogP contribution is -2.16. The van der Waals surface area contributed by atoms with Crippen molar-refractivity contribution in [2.75, 3.05) is 0 Å². The van der Waals surface area contributed by atoms with Gasteiger partial charge in [0.05, 0.1) is 17.3 Å². The Hall–Kier alpha value is -2.05. The molecule has 0 amide bonds. The first-order chi connectivity index (χ1) is 10.8. The maximum Gasteiger partial charge on any atom is 0.0991 e. The molecule has 0 aliphatic carbocycles. The zero-order chi connectivity index (χ0) is 17.0. The molecule has 0 aliphatic rings. The summed E-state index contributed by atoms with van der Waals surface area (Å²) in [5.41, 5.74) is 4.09. The zero-order valence-electron chi connectivity index (χ0n) is 14.3. The third kappa shape index (κ3) is 4.71. The first-order valence-corrected chi connectivity index (χ1v) is 8.45. The Balaban J connectivity index is 2.28. The molecule has 0 fully saturated rings. The average Bonchev–Trinajstić information content (AvgIpc) is 2.50. The van der Waals surface area contributed by atoms with E-state index in [0.29, 0.717) is 5.56 Å². The number of aliphatic imine (C=N–C) groups is 1. The molecule has 2 aromatic rings. The SMILES string of the molecule is CC(=Nc1cc(Sc2ccc(C#N)cc2)ccc1C)C(C)(C)C. The molecule has 23 heavy (non-hydrogen) atoms. The van der Waals surface area contributed by atoms with Gasteiger partial charge in [-0.25, -0.2) is 0 Å². The van der Waals surface area contributed by atoms with Crippen LogP contribution in [0.3, 0.4) is 0 Å². The van der Waals surface area contributed by atoms with Crippen LogP contribution in [0.1, 0.15) is 38.8 Å². The van der Waals surface area contributed by atoms with E-state index < -0.39 is 0 Å². The predicted molar refractivity (Wildman–Crippen MR) is 98.7 cm³/mol. The maximum atomic E-state index is 8.86. The van der Waals surface area contributed by atoms with Gasteiger partial charge in [-0.2, -0.15) is 5.26 Å². The summed E-state index contributed by atoms with van der Waals surface area (Å²) in [5, 5.41) is 8.86. The number of nitrogens with zero attached hydrogens (tertiary/aromatic N) is 2. The van der Waals surface area contributed by atoms with Gasteiger partial charge in [0.25, 0.3) is 0 Å². The predicted octanol–water partition coefficient (Wildman–Crippen LogP) is 6.16. The highest BCUT2D eigenvalue weighted by Gasteiger charge is 2.14. The zero-order valence-corrected chi connectivity index (χ0v) is 15.2. The second kappa shape index (κ2) is 7.02. The molecule has 0 N–H and O–H groups in total. The summed E-state index contributed by atoms with van der Waals surface area (Å²) in [5.74, 6) is 0. The smallest absolute Gasteiger partial charge is 0.0991 e. The molecule has 0 heterocycles. The molecule has 0 saturated heterocycles. The Labute approximate surface area is 143 Å². The average molecular weight is 322 g/mol. The Morgan fingerprint density at radius 2 is 1.65 bits per heavy atom. The summed E-state index contributed by atoms with van der Waals surface area (Å²) in [6.45, 7) is 10.7. The monoisotopic (exact) mass is 322 g/mol. The Morgan fingerprint density at radius 1 is 1.04 bits per heavy atom. The van der Waals surface area contributed by atoms with Crippen molar-refractivity contribution in [3.05, 3.63) is 53.6 Å². The van der Waals surface area contributed by atoms with E-state index in [2.05, 4.69) is 58.9 Å². The van der Waals surface area contributed by atoms with E-state index in [1.165, 1.54) is 5.56 Å². The second-order valence-electron chi connectivity index (χ2n) is 6.63. The molecule has 0 bridgehead atoms. The summed E-state index contributed by atoms with van der Waals surface area (Å²) >= 11 is 1.69. The van der Waals surface area contributed by atoms with Crippen LogP contribution in [0, 0.1) is 23.7 Å². The number of benzene rings is 2. The molecular weight excluding hydrogens is 300 g/mol. The summed E-state index contributed by atoms with van der Waals surface area (Å²) in [6.07, 6.45) is 0. The molecule has 0 radical (unpaired) electrons. The van der Waals surface area contributed by atoms with E-state index in [1.807, 2.05) is 24.3 Å². The number of aryl methyl sites for hydroxylation is 1. The summed E-state index contributed by atoms with van der Waals surface area (Å²) in [6, 6.07) is 16.2. The molecule has 3 heteroatoms. The fourth-order valence-electron chi connectivity index (χ4n) is 1.86. The van der Waals surface area contributed by atoms with Crippen molar-refractivity contribution in [3.63, 3.8) is 0 Å². The van der Waals surface area contributed by atoms with Crippen molar-refractivity contribution in [1.29, 1.82) is 5.26 Å². The largest absolute Gasteiger partial charge is 0.257 e. The van der Waals surface area contributed by atoms with Gasteiger partial charge >= 0.3 is 0 Å². The first kappa shape index (κ1) is 17.3. The van der Waals surface area contributed by atoms with Crippen LogP contribution in [-0.4, -0.2) is 5.71 Å². The van der Waals surface area contributed by atoms with Gasteiger partial charge in [0.15, 0.2) is 0 Å². The fourth-order valence-corrected chi connectivity index (χ4v) is 2.71. The minimum atomic E-state index is 0.0721. The Morgan fingerprint density at radius 3 is 2.22 bits per heavy atom. The molecule has 0 atom stereocenters. The lowest BCUT2D eigenvalue weighted by atomic mass is 9.91. The van der Waals surface area contributed by atoms with Crippen LogP contribution in [0.4, 0.5) is 5.69 Å². The molecule has 118 valence electrons. The molecule has 0 aliphatic heterocycles. The highest BCUT2D eigenvalue weighted by Crippen LogP contribution is 2.33. The van der Waals surface area contributed by atoms with Crippen LogP contribution in [0.15, 0.2) is 57.2 Å². The topological polar surface area (TPSA) is 36.1 Å². The van der Waals surface area contributed by atoms with Gasteiger partial charge in [-0.05, 0) is 61.2 Å². The molecule has 0 spiro atoms. The van der Waals surface area contributed by atoms with Gasteiger partial charge < -0.3 is 0 Å². The highest BCUT2D eigenvalue weighted by molar-refractivity contribution is 7.99. The molecule has 2 nitrogen and oxygen atoms in total. The minimum absolute atomic E-state index is 0.0721. The fraction of sp³-hybridized carbons (Fsp3) is 0.300. The minimum Gasteiger partial charge on any atom is -0.257 e. The summed E-state index contributed by atoms with van der Waals surface area (Å²) < 4.78 is 0. The highest BCUT2D eigenvalue weighted by atomic mass is 32.2.